The van der Waals surface area contributed by atoms with Gasteiger partial charge in [-0.1, -0.05) is 12.1 Å². The quantitative estimate of drug-likeness (QED) is 0.632. The first-order valence-corrected chi connectivity index (χ1v) is 7.07. The van der Waals surface area contributed by atoms with Crippen LogP contribution in [-0.4, -0.2) is 10.5 Å². The van der Waals surface area contributed by atoms with Crippen molar-refractivity contribution in [2.24, 2.45) is 0 Å². The van der Waals surface area contributed by atoms with Gasteiger partial charge in [-0.3, -0.25) is 10.1 Å². The first-order valence-electron chi connectivity index (χ1n) is 7.07. The van der Waals surface area contributed by atoms with E-state index in [1.54, 1.807) is 6.07 Å². The number of fused-ring (bicyclic) bond motifs is 1. The maximum absolute atomic E-state index is 10.8. The van der Waals surface area contributed by atoms with Crippen LogP contribution in [0, 0.1) is 21.4 Å². The Morgan fingerprint density at radius 3 is 2.78 bits per heavy atom. The van der Waals surface area contributed by atoms with Gasteiger partial charge in [-0.15, -0.1) is 0 Å². The van der Waals surface area contributed by atoms with Crippen LogP contribution in [0.2, 0.25) is 0 Å². The highest BCUT2D eigenvalue weighted by atomic mass is 16.6. The van der Waals surface area contributed by atoms with Crippen LogP contribution in [0.5, 0.6) is 17.2 Å². The molecule has 2 aromatic rings. The van der Waals surface area contributed by atoms with Crippen LogP contribution in [0.25, 0.3) is 0 Å². The van der Waals surface area contributed by atoms with Crippen molar-refractivity contribution in [1.82, 2.24) is 0 Å². The molecule has 6 heteroatoms. The second kappa shape index (κ2) is 5.29. The summed E-state index contributed by atoms with van der Waals surface area (Å²) >= 11 is 0. The summed E-state index contributed by atoms with van der Waals surface area (Å²) in [5, 5.41) is 20.0. The summed E-state index contributed by atoms with van der Waals surface area (Å²) in [6, 6.07) is 11.4. The molecule has 6 nitrogen and oxygen atoms in total. The summed E-state index contributed by atoms with van der Waals surface area (Å²) < 4.78 is 11.7. The van der Waals surface area contributed by atoms with Crippen molar-refractivity contribution >= 4 is 5.69 Å². The lowest BCUT2D eigenvalue weighted by molar-refractivity contribution is -0.384. The van der Waals surface area contributed by atoms with Crippen molar-refractivity contribution in [2.75, 3.05) is 0 Å². The van der Waals surface area contributed by atoms with Crippen LogP contribution in [-0.2, 0) is 6.42 Å². The molecule has 3 rings (SSSR count). The summed E-state index contributed by atoms with van der Waals surface area (Å²) in [4.78, 5) is 10.3. The molecule has 0 N–H and O–H groups in total. The number of nitro benzene ring substituents is 1. The molecule has 1 aliphatic heterocycles. The number of hydrogen-bond donors (Lipinski definition) is 0. The van der Waals surface area contributed by atoms with Crippen LogP contribution >= 0.6 is 0 Å². The normalized spacial score (nSPS) is 14.5. The topological polar surface area (TPSA) is 85.4 Å². The number of nitro groups is 1. The molecule has 1 heterocycles. The van der Waals surface area contributed by atoms with Gasteiger partial charge in [0.2, 0.25) is 0 Å². The molecule has 2 aromatic carbocycles. The van der Waals surface area contributed by atoms with Crippen molar-refractivity contribution in [2.45, 2.75) is 25.9 Å². The lowest BCUT2D eigenvalue weighted by Crippen LogP contribution is -2.24. The van der Waals surface area contributed by atoms with Gasteiger partial charge in [0.05, 0.1) is 4.92 Å². The Labute approximate surface area is 133 Å². The van der Waals surface area contributed by atoms with Crippen LogP contribution in [0.1, 0.15) is 25.0 Å². The highest BCUT2D eigenvalue weighted by molar-refractivity contribution is 5.55. The third-order valence-electron chi connectivity index (χ3n) is 3.57. The van der Waals surface area contributed by atoms with Crippen LogP contribution in [0.15, 0.2) is 36.4 Å². The minimum atomic E-state index is -0.545. The van der Waals surface area contributed by atoms with Gasteiger partial charge in [-0.05, 0) is 26.0 Å². The Bertz CT molecular complexity index is 837. The minimum Gasteiger partial charge on any atom is -0.483 e. The molecule has 0 spiro atoms. The number of benzene rings is 2. The van der Waals surface area contributed by atoms with Gasteiger partial charge in [-0.2, -0.15) is 5.26 Å². The fraction of sp³-hybridized carbons (Fsp3) is 0.235. The van der Waals surface area contributed by atoms with E-state index in [1.165, 1.54) is 18.2 Å². The fourth-order valence-electron chi connectivity index (χ4n) is 2.59. The summed E-state index contributed by atoms with van der Waals surface area (Å²) in [6.07, 6.45) is 0.769. The van der Waals surface area contributed by atoms with E-state index in [0.29, 0.717) is 11.5 Å². The standard InChI is InChI=1S/C17H14N2O4/c1-17(2)9-11-4-3-5-15(16(11)23-17)22-14-7-6-13(19(20)21)8-12(14)10-18/h3-8H,9H2,1-2H3. The fourth-order valence-corrected chi connectivity index (χ4v) is 2.59. The second-order valence-electron chi connectivity index (χ2n) is 5.93. The van der Waals surface area contributed by atoms with Gasteiger partial charge >= 0.3 is 0 Å². The molecule has 0 bridgehead atoms. The highest BCUT2D eigenvalue weighted by Crippen LogP contribution is 2.43. The number of hydrogen-bond acceptors (Lipinski definition) is 5. The molecule has 0 amide bonds. The van der Waals surface area contributed by atoms with E-state index < -0.39 is 4.92 Å². The van der Waals surface area contributed by atoms with E-state index in [9.17, 15) is 15.4 Å². The Hall–Kier alpha value is -3.07. The number of para-hydroxylation sites is 1. The summed E-state index contributed by atoms with van der Waals surface area (Å²) in [5.74, 6) is 1.41. The van der Waals surface area contributed by atoms with Crippen molar-refractivity contribution in [3.8, 4) is 23.3 Å². The van der Waals surface area contributed by atoms with Crippen LogP contribution in [0.4, 0.5) is 5.69 Å². The van der Waals surface area contributed by atoms with Crippen molar-refractivity contribution in [3.05, 3.63) is 57.6 Å². The number of nitriles is 1. The Morgan fingerprint density at radius 2 is 2.09 bits per heavy atom. The molecular weight excluding hydrogens is 296 g/mol. The third-order valence-corrected chi connectivity index (χ3v) is 3.57. The summed E-state index contributed by atoms with van der Waals surface area (Å²) in [7, 11) is 0. The van der Waals surface area contributed by atoms with E-state index in [2.05, 4.69) is 0 Å². The predicted molar refractivity (Wildman–Crippen MR) is 82.7 cm³/mol. The monoisotopic (exact) mass is 310 g/mol. The van der Waals surface area contributed by atoms with Crippen molar-refractivity contribution in [1.29, 1.82) is 5.26 Å². The molecule has 0 saturated carbocycles. The first kappa shape index (κ1) is 14.9. The molecule has 0 atom stereocenters. The molecule has 116 valence electrons. The van der Waals surface area contributed by atoms with Gasteiger partial charge in [0, 0.05) is 24.1 Å². The molecule has 1 aliphatic rings. The van der Waals surface area contributed by atoms with E-state index in [0.717, 1.165) is 12.0 Å². The number of nitrogens with zero attached hydrogens (tertiary/aromatic N) is 2. The number of non-ortho nitro benzene ring substituents is 1. The summed E-state index contributed by atoms with van der Waals surface area (Å²) in [6.45, 7) is 3.98. The number of ether oxygens (including phenoxy) is 2. The molecule has 0 saturated heterocycles. The molecule has 0 radical (unpaired) electrons. The third kappa shape index (κ3) is 2.81. The van der Waals surface area contributed by atoms with Crippen molar-refractivity contribution < 1.29 is 14.4 Å². The van der Waals surface area contributed by atoms with Crippen LogP contribution in [0.3, 0.4) is 0 Å². The van der Waals surface area contributed by atoms with E-state index in [-0.39, 0.29) is 22.6 Å². The van der Waals surface area contributed by atoms with E-state index in [1.807, 2.05) is 32.0 Å². The van der Waals surface area contributed by atoms with Gasteiger partial charge in [-0.25, -0.2) is 0 Å². The average molecular weight is 310 g/mol. The maximum Gasteiger partial charge on any atom is 0.271 e. The Kier molecular flexibility index (Phi) is 3.41. The van der Waals surface area contributed by atoms with Crippen molar-refractivity contribution in [3.63, 3.8) is 0 Å². The lowest BCUT2D eigenvalue weighted by Gasteiger charge is -2.18. The lowest BCUT2D eigenvalue weighted by atomic mass is 10.0. The second-order valence-corrected chi connectivity index (χ2v) is 5.93. The molecule has 0 fully saturated rings. The molecular formula is C17H14N2O4. The molecule has 0 unspecified atom stereocenters. The zero-order valence-electron chi connectivity index (χ0n) is 12.7. The van der Waals surface area contributed by atoms with Gasteiger partial charge in [0.15, 0.2) is 11.5 Å². The summed E-state index contributed by atoms with van der Waals surface area (Å²) in [5.41, 5.74) is 0.682. The smallest absolute Gasteiger partial charge is 0.271 e. The average Bonchev–Trinajstić information content (AvgIpc) is 2.82. The zero-order valence-corrected chi connectivity index (χ0v) is 12.7. The van der Waals surface area contributed by atoms with Gasteiger partial charge in [0.25, 0.3) is 5.69 Å². The molecule has 0 aliphatic carbocycles. The first-order chi connectivity index (χ1) is 10.9. The highest BCUT2D eigenvalue weighted by Gasteiger charge is 2.32. The SMILES string of the molecule is CC1(C)Cc2cccc(Oc3ccc([N+](=O)[O-])cc3C#N)c2O1. The Morgan fingerprint density at radius 1 is 1.30 bits per heavy atom. The largest absolute Gasteiger partial charge is 0.483 e. The zero-order chi connectivity index (χ0) is 16.6. The number of rotatable bonds is 3. The van der Waals surface area contributed by atoms with E-state index in [4.69, 9.17) is 9.47 Å². The van der Waals surface area contributed by atoms with E-state index >= 15 is 0 Å². The predicted octanol–water partition coefficient (Wildman–Crippen LogP) is 3.97. The molecule has 23 heavy (non-hydrogen) atoms. The van der Waals surface area contributed by atoms with Crippen LogP contribution < -0.4 is 9.47 Å². The minimum absolute atomic E-state index is 0.106. The molecule has 0 aromatic heterocycles. The van der Waals surface area contributed by atoms with Gasteiger partial charge in [0.1, 0.15) is 23.0 Å². The maximum atomic E-state index is 10.8. The van der Waals surface area contributed by atoms with Gasteiger partial charge < -0.3 is 9.47 Å². The Balaban J connectivity index is 1.97.